The van der Waals surface area contributed by atoms with Gasteiger partial charge in [-0.2, -0.15) is 0 Å². The Morgan fingerprint density at radius 3 is 2.71 bits per heavy atom. The van der Waals surface area contributed by atoms with E-state index in [4.69, 9.17) is 0 Å². The summed E-state index contributed by atoms with van der Waals surface area (Å²) in [6, 6.07) is 0. The van der Waals surface area contributed by atoms with Crippen LogP contribution < -0.4 is 0 Å². The van der Waals surface area contributed by atoms with E-state index in [2.05, 4.69) is 6.92 Å². The zero-order chi connectivity index (χ0) is 12.7. The van der Waals surface area contributed by atoms with Crippen LogP contribution >= 0.6 is 0 Å². The molecule has 0 unspecified atom stereocenters. The quantitative estimate of drug-likeness (QED) is 0.747. The lowest BCUT2D eigenvalue weighted by Crippen LogP contribution is -2.39. The summed E-state index contributed by atoms with van der Waals surface area (Å²) in [5.41, 5.74) is 1.97. The molecule has 2 rings (SSSR count). The van der Waals surface area contributed by atoms with Crippen molar-refractivity contribution >= 4 is 6.29 Å². The molecular weight excluding hydrogens is 212 g/mol. The fourth-order valence-corrected chi connectivity index (χ4v) is 3.59. The number of aldehydes is 1. The minimum atomic E-state index is -0.625. The van der Waals surface area contributed by atoms with E-state index >= 15 is 0 Å². The molecule has 2 aliphatic rings. The van der Waals surface area contributed by atoms with E-state index in [1.54, 1.807) is 0 Å². The molecule has 0 aromatic heterocycles. The first kappa shape index (κ1) is 12.8. The number of fused-ring (bicyclic) bond motifs is 1. The van der Waals surface area contributed by atoms with E-state index in [-0.39, 0.29) is 5.41 Å². The average Bonchev–Trinajstić information content (AvgIpc) is 2.25. The Morgan fingerprint density at radius 1 is 1.41 bits per heavy atom. The third kappa shape index (κ3) is 2.33. The Labute approximate surface area is 104 Å². The smallest absolute Gasteiger partial charge is 0.145 e. The van der Waals surface area contributed by atoms with Crippen molar-refractivity contribution in [1.29, 1.82) is 0 Å². The molecule has 0 heterocycles. The summed E-state index contributed by atoms with van der Waals surface area (Å²) in [5, 5.41) is 10.2. The second-order valence-electron chi connectivity index (χ2n) is 6.63. The molecule has 96 valence electrons. The Hall–Kier alpha value is -0.630. The van der Waals surface area contributed by atoms with Gasteiger partial charge < -0.3 is 5.11 Å². The van der Waals surface area contributed by atoms with Gasteiger partial charge in [-0.1, -0.05) is 12.5 Å². The summed E-state index contributed by atoms with van der Waals surface area (Å²) in [7, 11) is 0. The van der Waals surface area contributed by atoms with Crippen molar-refractivity contribution in [2.45, 2.75) is 64.9 Å². The lowest BCUT2D eigenvalue weighted by atomic mass is 9.60. The van der Waals surface area contributed by atoms with E-state index < -0.39 is 5.60 Å². The van der Waals surface area contributed by atoms with Gasteiger partial charge in [0.1, 0.15) is 6.29 Å². The predicted molar refractivity (Wildman–Crippen MR) is 68.7 cm³/mol. The van der Waals surface area contributed by atoms with Gasteiger partial charge >= 0.3 is 0 Å². The largest absolute Gasteiger partial charge is 0.390 e. The van der Waals surface area contributed by atoms with Crippen LogP contribution in [0.3, 0.4) is 0 Å². The number of hydrogen-bond acceptors (Lipinski definition) is 2. The normalized spacial score (nSPS) is 34.5. The first-order chi connectivity index (χ1) is 7.87. The monoisotopic (exact) mass is 236 g/mol. The summed E-state index contributed by atoms with van der Waals surface area (Å²) in [6.45, 7) is 6.08. The highest BCUT2D eigenvalue weighted by Crippen LogP contribution is 2.52. The highest BCUT2D eigenvalue weighted by molar-refractivity contribution is 5.75. The fourth-order valence-electron chi connectivity index (χ4n) is 3.59. The summed E-state index contributed by atoms with van der Waals surface area (Å²) >= 11 is 0. The molecule has 0 saturated heterocycles. The molecule has 0 amide bonds. The van der Waals surface area contributed by atoms with Gasteiger partial charge in [0, 0.05) is 0 Å². The second kappa shape index (κ2) is 4.24. The minimum absolute atomic E-state index is 0.232. The van der Waals surface area contributed by atoms with Crippen LogP contribution in [0.5, 0.6) is 0 Å². The van der Waals surface area contributed by atoms with Crippen molar-refractivity contribution in [2.75, 3.05) is 0 Å². The summed E-state index contributed by atoms with van der Waals surface area (Å²) < 4.78 is 0. The number of carbonyl (C=O) groups excluding carboxylic acids is 1. The Balaban J connectivity index is 2.31. The third-order valence-corrected chi connectivity index (χ3v) is 4.93. The van der Waals surface area contributed by atoms with Crippen LogP contribution in [0.25, 0.3) is 0 Å². The maximum atomic E-state index is 11.2. The first-order valence-corrected chi connectivity index (χ1v) is 6.77. The molecular formula is C15H24O2. The number of allylic oxidation sites excluding steroid dienone is 2. The molecule has 0 aromatic carbocycles. The van der Waals surface area contributed by atoms with Crippen LogP contribution in [0, 0.1) is 11.3 Å². The molecule has 1 saturated carbocycles. The lowest BCUT2D eigenvalue weighted by molar-refractivity contribution is -0.105. The summed E-state index contributed by atoms with van der Waals surface area (Å²) in [5.74, 6) is 0.304. The third-order valence-electron chi connectivity index (χ3n) is 4.93. The Kier molecular flexibility index (Phi) is 3.19. The van der Waals surface area contributed by atoms with Gasteiger partial charge in [-0.05, 0) is 69.3 Å². The molecule has 0 radical (unpaired) electrons. The zero-order valence-corrected chi connectivity index (χ0v) is 11.3. The molecule has 2 aliphatic carbocycles. The molecule has 17 heavy (non-hydrogen) atoms. The molecule has 1 N–H and O–H groups in total. The fraction of sp³-hybridized carbons (Fsp3) is 0.800. The number of rotatable bonds is 2. The SMILES string of the molecule is CC(C)(O)[C@@H]1CC[C@@]2(C)CCCC(C=O)=C2C1. The van der Waals surface area contributed by atoms with Crippen molar-refractivity contribution in [3.8, 4) is 0 Å². The standard InChI is InChI=1S/C15H24O2/c1-14(2,17)12-6-8-15(3)7-4-5-11(10-16)13(15)9-12/h10,12,17H,4-9H2,1-3H3/t12-,15-/m1/s1. The number of aliphatic hydroxyl groups is 1. The van der Waals surface area contributed by atoms with Crippen LogP contribution in [0.1, 0.15) is 59.3 Å². The van der Waals surface area contributed by atoms with Crippen molar-refractivity contribution in [1.82, 2.24) is 0 Å². The van der Waals surface area contributed by atoms with E-state index in [9.17, 15) is 9.90 Å². The molecule has 2 atom stereocenters. The lowest BCUT2D eigenvalue weighted by Gasteiger charge is -2.46. The van der Waals surface area contributed by atoms with Crippen molar-refractivity contribution in [3.05, 3.63) is 11.1 Å². The number of hydrogen-bond donors (Lipinski definition) is 1. The van der Waals surface area contributed by atoms with Gasteiger partial charge in [-0.3, -0.25) is 4.79 Å². The van der Waals surface area contributed by atoms with Gasteiger partial charge in [0.2, 0.25) is 0 Å². The van der Waals surface area contributed by atoms with Crippen LogP contribution in [0.4, 0.5) is 0 Å². The van der Waals surface area contributed by atoms with Crippen molar-refractivity contribution in [2.24, 2.45) is 11.3 Å². The van der Waals surface area contributed by atoms with Crippen LogP contribution in [0.15, 0.2) is 11.1 Å². The van der Waals surface area contributed by atoms with Gasteiger partial charge in [0.25, 0.3) is 0 Å². The highest BCUT2D eigenvalue weighted by Gasteiger charge is 2.42. The van der Waals surface area contributed by atoms with Gasteiger partial charge in [0.15, 0.2) is 0 Å². The van der Waals surface area contributed by atoms with E-state index in [0.29, 0.717) is 5.92 Å². The topological polar surface area (TPSA) is 37.3 Å². The van der Waals surface area contributed by atoms with Crippen LogP contribution in [-0.2, 0) is 4.79 Å². The number of carbonyl (C=O) groups is 1. The zero-order valence-electron chi connectivity index (χ0n) is 11.3. The van der Waals surface area contributed by atoms with E-state index in [1.165, 1.54) is 12.0 Å². The molecule has 0 spiro atoms. The molecule has 0 aliphatic heterocycles. The molecule has 2 nitrogen and oxygen atoms in total. The van der Waals surface area contributed by atoms with Crippen molar-refractivity contribution in [3.63, 3.8) is 0 Å². The molecule has 1 fully saturated rings. The van der Waals surface area contributed by atoms with E-state index in [1.807, 2.05) is 13.8 Å². The minimum Gasteiger partial charge on any atom is -0.390 e. The van der Waals surface area contributed by atoms with Crippen LogP contribution in [-0.4, -0.2) is 17.0 Å². The molecule has 2 heteroatoms. The van der Waals surface area contributed by atoms with E-state index in [0.717, 1.165) is 44.0 Å². The van der Waals surface area contributed by atoms with Crippen molar-refractivity contribution < 1.29 is 9.90 Å². The van der Waals surface area contributed by atoms with Gasteiger partial charge in [0.05, 0.1) is 5.60 Å². The predicted octanol–water partition coefficient (Wildman–Crippen LogP) is 3.24. The Morgan fingerprint density at radius 2 is 2.12 bits per heavy atom. The first-order valence-electron chi connectivity index (χ1n) is 6.77. The van der Waals surface area contributed by atoms with Gasteiger partial charge in [-0.25, -0.2) is 0 Å². The molecule has 0 aromatic rings. The maximum Gasteiger partial charge on any atom is 0.145 e. The maximum absolute atomic E-state index is 11.2. The average molecular weight is 236 g/mol. The molecule has 0 bridgehead atoms. The summed E-state index contributed by atoms with van der Waals surface area (Å²) in [6.07, 6.45) is 7.45. The summed E-state index contributed by atoms with van der Waals surface area (Å²) in [4.78, 5) is 11.2. The highest BCUT2D eigenvalue weighted by atomic mass is 16.3. The second-order valence-corrected chi connectivity index (χ2v) is 6.63. The van der Waals surface area contributed by atoms with Gasteiger partial charge in [-0.15, -0.1) is 0 Å². The Bertz CT molecular complexity index is 348. The van der Waals surface area contributed by atoms with Crippen LogP contribution in [0.2, 0.25) is 0 Å².